The van der Waals surface area contributed by atoms with Crippen molar-refractivity contribution in [3.05, 3.63) is 29.8 Å². The summed E-state index contributed by atoms with van der Waals surface area (Å²) in [6.45, 7) is 0.772. The van der Waals surface area contributed by atoms with Crippen LogP contribution in [0.4, 0.5) is 4.79 Å². The minimum atomic E-state index is -0.0262. The molecule has 0 radical (unpaired) electrons. The first-order valence-corrected chi connectivity index (χ1v) is 10.2. The minimum Gasteiger partial charge on any atom is -0.375 e. The van der Waals surface area contributed by atoms with Crippen LogP contribution >= 0.6 is 11.8 Å². The molecule has 0 aromatic heterocycles. The summed E-state index contributed by atoms with van der Waals surface area (Å²) in [5.41, 5.74) is 1.30. The molecule has 24 heavy (non-hydrogen) atoms. The van der Waals surface area contributed by atoms with Crippen LogP contribution in [0, 0.1) is 0 Å². The summed E-state index contributed by atoms with van der Waals surface area (Å²) in [5.74, 6) is 1.06. The molecule has 5 heteroatoms. The lowest BCUT2D eigenvalue weighted by Crippen LogP contribution is -2.50. The molecule has 2 N–H and O–H groups in total. The Balaban J connectivity index is 1.36. The van der Waals surface area contributed by atoms with E-state index < -0.39 is 0 Å². The van der Waals surface area contributed by atoms with Crippen molar-refractivity contribution in [2.75, 3.05) is 12.4 Å². The van der Waals surface area contributed by atoms with Crippen LogP contribution in [0.15, 0.2) is 29.2 Å². The second-order valence-corrected chi connectivity index (χ2v) is 8.41. The van der Waals surface area contributed by atoms with Gasteiger partial charge < -0.3 is 15.4 Å². The van der Waals surface area contributed by atoms with Gasteiger partial charge in [-0.2, -0.15) is 0 Å². The molecule has 1 saturated heterocycles. The Morgan fingerprint density at radius 3 is 2.88 bits per heavy atom. The molecular formula is C19H26N2O2S. The molecule has 2 amide bonds. The van der Waals surface area contributed by atoms with Crippen LogP contribution in [0.5, 0.6) is 0 Å². The molecule has 2 aliphatic heterocycles. The van der Waals surface area contributed by atoms with Crippen molar-refractivity contribution in [1.82, 2.24) is 10.6 Å². The van der Waals surface area contributed by atoms with E-state index in [2.05, 4.69) is 34.9 Å². The van der Waals surface area contributed by atoms with Gasteiger partial charge in [0, 0.05) is 23.3 Å². The van der Waals surface area contributed by atoms with Gasteiger partial charge in [0.1, 0.15) is 0 Å². The molecule has 0 bridgehead atoms. The molecule has 1 spiro atoms. The van der Waals surface area contributed by atoms with Crippen LogP contribution in [0.25, 0.3) is 0 Å². The summed E-state index contributed by atoms with van der Waals surface area (Å²) in [6.07, 6.45) is 7.71. The van der Waals surface area contributed by atoms with E-state index in [0.29, 0.717) is 0 Å². The van der Waals surface area contributed by atoms with Crippen molar-refractivity contribution < 1.29 is 9.53 Å². The third-order valence-electron chi connectivity index (χ3n) is 5.61. The van der Waals surface area contributed by atoms with Crippen molar-refractivity contribution in [3.63, 3.8) is 0 Å². The standard InChI is InChI=1S/C19H26N2O2S/c22-18(20-14-7-11-23-19(13-14)9-3-4-10-19)21-16-8-12-24-17-6-2-1-5-15(16)17/h1-2,5-6,14,16H,3-4,7-13H2,(H2,20,21,22)/t14-,16+/m0/s1. The van der Waals surface area contributed by atoms with E-state index in [1.807, 2.05) is 11.8 Å². The monoisotopic (exact) mass is 346 g/mol. The molecular weight excluding hydrogens is 320 g/mol. The number of hydrogen-bond donors (Lipinski definition) is 2. The smallest absolute Gasteiger partial charge is 0.315 e. The van der Waals surface area contributed by atoms with Crippen LogP contribution in [0.3, 0.4) is 0 Å². The van der Waals surface area contributed by atoms with Crippen LogP contribution in [0.1, 0.15) is 56.6 Å². The molecule has 1 aliphatic carbocycles. The van der Waals surface area contributed by atoms with Gasteiger partial charge in [-0.15, -0.1) is 11.8 Å². The van der Waals surface area contributed by atoms with E-state index in [9.17, 15) is 4.79 Å². The van der Waals surface area contributed by atoms with E-state index in [0.717, 1.165) is 44.5 Å². The number of hydrogen-bond acceptors (Lipinski definition) is 3. The molecule has 3 aliphatic rings. The Morgan fingerprint density at radius 1 is 1.17 bits per heavy atom. The fourth-order valence-electron chi connectivity index (χ4n) is 4.40. The van der Waals surface area contributed by atoms with Crippen LogP contribution in [-0.4, -0.2) is 30.0 Å². The lowest BCUT2D eigenvalue weighted by atomic mass is 9.89. The van der Waals surface area contributed by atoms with Crippen molar-refractivity contribution in [1.29, 1.82) is 0 Å². The third kappa shape index (κ3) is 3.42. The first-order valence-electron chi connectivity index (χ1n) is 9.17. The van der Waals surface area contributed by atoms with E-state index >= 15 is 0 Å². The van der Waals surface area contributed by atoms with Crippen molar-refractivity contribution in [2.45, 2.75) is 67.5 Å². The number of thioether (sulfide) groups is 1. The Kier molecular flexibility index (Phi) is 4.72. The van der Waals surface area contributed by atoms with Gasteiger partial charge in [0.05, 0.1) is 11.6 Å². The van der Waals surface area contributed by atoms with E-state index in [1.54, 1.807) is 0 Å². The van der Waals surface area contributed by atoms with Gasteiger partial charge in [0.2, 0.25) is 0 Å². The molecule has 1 aromatic rings. The van der Waals surface area contributed by atoms with Gasteiger partial charge in [-0.1, -0.05) is 31.0 Å². The van der Waals surface area contributed by atoms with E-state index in [-0.39, 0.29) is 23.7 Å². The fraction of sp³-hybridized carbons (Fsp3) is 0.632. The summed E-state index contributed by atoms with van der Waals surface area (Å²) in [6, 6.07) is 8.74. The Labute approximate surface area is 148 Å². The van der Waals surface area contributed by atoms with Gasteiger partial charge in [-0.25, -0.2) is 4.79 Å². The number of amides is 2. The quantitative estimate of drug-likeness (QED) is 0.850. The van der Waals surface area contributed by atoms with Crippen molar-refractivity contribution >= 4 is 17.8 Å². The summed E-state index contributed by atoms with van der Waals surface area (Å²) in [4.78, 5) is 13.8. The number of nitrogens with one attached hydrogen (secondary N) is 2. The molecule has 1 saturated carbocycles. The Hall–Kier alpha value is -1.20. The summed E-state index contributed by atoms with van der Waals surface area (Å²) in [5, 5.41) is 6.41. The number of ether oxygens (including phenoxy) is 1. The highest BCUT2D eigenvalue weighted by atomic mass is 32.2. The Morgan fingerprint density at radius 2 is 2.00 bits per heavy atom. The number of carbonyl (C=O) groups excluding carboxylic acids is 1. The molecule has 4 rings (SSSR count). The predicted molar refractivity (Wildman–Crippen MR) is 96.4 cm³/mol. The SMILES string of the molecule is O=C(N[C@H]1CCOC2(CCCC2)C1)N[C@@H]1CCSc2ccccc21. The van der Waals surface area contributed by atoms with Gasteiger partial charge in [-0.3, -0.25) is 0 Å². The van der Waals surface area contributed by atoms with Crippen LogP contribution < -0.4 is 10.6 Å². The van der Waals surface area contributed by atoms with Gasteiger partial charge in [0.15, 0.2) is 0 Å². The van der Waals surface area contributed by atoms with Crippen LogP contribution in [0.2, 0.25) is 0 Å². The lowest BCUT2D eigenvalue weighted by molar-refractivity contribution is -0.0820. The van der Waals surface area contributed by atoms with Crippen molar-refractivity contribution in [3.8, 4) is 0 Å². The second-order valence-electron chi connectivity index (χ2n) is 7.27. The second kappa shape index (κ2) is 6.96. The fourth-order valence-corrected chi connectivity index (χ4v) is 5.52. The number of rotatable bonds is 2. The van der Waals surface area contributed by atoms with Gasteiger partial charge in [-0.05, 0) is 43.7 Å². The van der Waals surface area contributed by atoms with Gasteiger partial charge >= 0.3 is 6.03 Å². The highest BCUT2D eigenvalue weighted by Crippen LogP contribution is 2.40. The summed E-state index contributed by atoms with van der Waals surface area (Å²) < 4.78 is 6.06. The number of fused-ring (bicyclic) bond motifs is 1. The zero-order valence-corrected chi connectivity index (χ0v) is 14.9. The molecule has 0 unspecified atom stereocenters. The highest BCUT2D eigenvalue weighted by molar-refractivity contribution is 7.99. The molecule has 130 valence electrons. The summed E-state index contributed by atoms with van der Waals surface area (Å²) in [7, 11) is 0. The molecule has 2 fully saturated rings. The average molecular weight is 346 g/mol. The predicted octanol–water partition coefficient (Wildman–Crippen LogP) is 4.01. The topological polar surface area (TPSA) is 50.4 Å². The first kappa shape index (κ1) is 16.3. The largest absolute Gasteiger partial charge is 0.375 e. The third-order valence-corrected chi connectivity index (χ3v) is 6.73. The minimum absolute atomic E-state index is 0.0262. The van der Waals surface area contributed by atoms with E-state index in [4.69, 9.17) is 4.74 Å². The highest BCUT2D eigenvalue weighted by Gasteiger charge is 2.40. The number of carbonyl (C=O) groups is 1. The maximum atomic E-state index is 12.5. The van der Waals surface area contributed by atoms with Crippen molar-refractivity contribution in [2.24, 2.45) is 0 Å². The zero-order valence-electron chi connectivity index (χ0n) is 14.1. The van der Waals surface area contributed by atoms with E-state index in [1.165, 1.54) is 23.3 Å². The molecule has 2 atom stereocenters. The molecule has 1 aromatic carbocycles. The van der Waals surface area contributed by atoms with Gasteiger partial charge in [0.25, 0.3) is 0 Å². The maximum absolute atomic E-state index is 12.5. The average Bonchev–Trinajstić information content (AvgIpc) is 3.03. The summed E-state index contributed by atoms with van der Waals surface area (Å²) >= 11 is 1.88. The normalized spacial score (nSPS) is 28.3. The van der Waals surface area contributed by atoms with Crippen LogP contribution in [-0.2, 0) is 4.74 Å². The number of benzene rings is 1. The molecule has 2 heterocycles. The first-order chi connectivity index (χ1) is 11.7. The zero-order chi connectivity index (χ0) is 16.4. The lowest BCUT2D eigenvalue weighted by Gasteiger charge is -2.38. The number of urea groups is 1. The molecule has 4 nitrogen and oxygen atoms in total. The Bertz CT molecular complexity index is 601. The maximum Gasteiger partial charge on any atom is 0.315 e.